The number of aromatic nitrogens is 2. The highest BCUT2D eigenvalue weighted by atomic mass is 16.4. The van der Waals surface area contributed by atoms with Crippen molar-refractivity contribution in [3.05, 3.63) is 117 Å². The van der Waals surface area contributed by atoms with Gasteiger partial charge < -0.3 is 21.1 Å². The van der Waals surface area contributed by atoms with E-state index in [9.17, 15) is 19.5 Å². The second-order valence-corrected chi connectivity index (χ2v) is 8.56. The van der Waals surface area contributed by atoms with E-state index in [2.05, 4.69) is 25.9 Å². The third kappa shape index (κ3) is 5.15. The molecule has 0 radical (unpaired) electrons. The molecule has 0 unspecified atom stereocenters. The van der Waals surface area contributed by atoms with Crippen molar-refractivity contribution < 1.29 is 9.90 Å². The molecule has 37 heavy (non-hydrogen) atoms. The van der Waals surface area contributed by atoms with Gasteiger partial charge in [0.2, 0.25) is 0 Å². The van der Waals surface area contributed by atoms with Crippen LogP contribution in [0.2, 0.25) is 0 Å². The molecule has 0 aliphatic carbocycles. The van der Waals surface area contributed by atoms with Gasteiger partial charge in [0, 0.05) is 42.6 Å². The van der Waals surface area contributed by atoms with Gasteiger partial charge in [0.25, 0.3) is 10.9 Å². The van der Waals surface area contributed by atoms with Crippen LogP contribution in [0.1, 0.15) is 11.1 Å². The fourth-order valence-electron chi connectivity index (χ4n) is 4.08. The highest BCUT2D eigenvalue weighted by molar-refractivity contribution is 5.93. The molecule has 0 aliphatic rings. The molecule has 5 rings (SSSR count). The highest BCUT2D eigenvalue weighted by Gasteiger charge is 2.26. The molecule has 9 nitrogen and oxygen atoms in total. The van der Waals surface area contributed by atoms with E-state index < -0.39 is 22.9 Å². The molecule has 4 N–H and O–H groups in total. The molecule has 0 amide bonds. The van der Waals surface area contributed by atoms with Gasteiger partial charge in [-0.15, -0.1) is 0 Å². The number of carboxylic acid groups (broad SMARTS) is 1. The average molecular weight is 494 g/mol. The first-order valence-electron chi connectivity index (χ1n) is 11.6. The Morgan fingerprint density at radius 1 is 0.838 bits per heavy atom. The SMILES string of the molecule is O=C(O)[C@H](Cc1ccc(Nc2nccc3ccccc23)cc1)Nc1c(NCc2ccncc2)c(=O)c1=O. The first-order chi connectivity index (χ1) is 18.0. The summed E-state index contributed by atoms with van der Waals surface area (Å²) >= 11 is 0. The van der Waals surface area contributed by atoms with Crippen LogP contribution in [-0.2, 0) is 17.8 Å². The van der Waals surface area contributed by atoms with E-state index in [1.54, 1.807) is 30.7 Å². The van der Waals surface area contributed by atoms with Gasteiger partial charge in [-0.3, -0.25) is 14.6 Å². The van der Waals surface area contributed by atoms with Crippen LogP contribution >= 0.6 is 0 Å². The van der Waals surface area contributed by atoms with Crippen LogP contribution in [0.4, 0.5) is 22.9 Å². The predicted molar refractivity (Wildman–Crippen MR) is 143 cm³/mol. The number of hydrogen-bond acceptors (Lipinski definition) is 8. The van der Waals surface area contributed by atoms with Crippen molar-refractivity contribution in [3.63, 3.8) is 0 Å². The molecular formula is C28H23N5O4. The maximum atomic E-state index is 12.2. The summed E-state index contributed by atoms with van der Waals surface area (Å²) in [6.45, 7) is 0.305. The summed E-state index contributed by atoms with van der Waals surface area (Å²) in [7, 11) is 0. The van der Waals surface area contributed by atoms with Crippen LogP contribution in [0.5, 0.6) is 0 Å². The fraction of sp³-hybridized carbons (Fsp3) is 0.107. The molecule has 1 atom stereocenters. The molecule has 0 saturated carbocycles. The molecular weight excluding hydrogens is 470 g/mol. The second-order valence-electron chi connectivity index (χ2n) is 8.56. The Morgan fingerprint density at radius 3 is 2.32 bits per heavy atom. The molecule has 0 aliphatic heterocycles. The number of carbonyl (C=O) groups is 1. The van der Waals surface area contributed by atoms with Crippen LogP contribution in [0, 0.1) is 0 Å². The Kier molecular flexibility index (Phi) is 6.58. The van der Waals surface area contributed by atoms with Gasteiger partial charge in [-0.1, -0.05) is 36.4 Å². The Bertz CT molecular complexity index is 1620. The summed E-state index contributed by atoms with van der Waals surface area (Å²) in [4.78, 5) is 44.6. The molecule has 0 spiro atoms. The molecule has 5 aromatic rings. The van der Waals surface area contributed by atoms with Gasteiger partial charge in [0.15, 0.2) is 0 Å². The van der Waals surface area contributed by atoms with E-state index in [1.807, 2.05) is 54.6 Å². The maximum absolute atomic E-state index is 12.2. The zero-order valence-corrected chi connectivity index (χ0v) is 19.6. The van der Waals surface area contributed by atoms with Crippen molar-refractivity contribution in [3.8, 4) is 0 Å². The predicted octanol–water partition coefficient (Wildman–Crippen LogP) is 3.69. The lowest BCUT2D eigenvalue weighted by Gasteiger charge is -2.20. The van der Waals surface area contributed by atoms with E-state index in [0.717, 1.165) is 33.4 Å². The highest BCUT2D eigenvalue weighted by Crippen LogP contribution is 2.25. The second kappa shape index (κ2) is 10.3. The van der Waals surface area contributed by atoms with Crippen molar-refractivity contribution >= 4 is 39.6 Å². The maximum Gasteiger partial charge on any atom is 0.326 e. The van der Waals surface area contributed by atoms with Gasteiger partial charge >= 0.3 is 5.97 Å². The van der Waals surface area contributed by atoms with Crippen LogP contribution in [0.15, 0.2) is 94.9 Å². The number of anilines is 4. The summed E-state index contributed by atoms with van der Waals surface area (Å²) in [5, 5.41) is 20.8. The van der Waals surface area contributed by atoms with E-state index in [-0.39, 0.29) is 17.8 Å². The quantitative estimate of drug-likeness (QED) is 0.215. The smallest absolute Gasteiger partial charge is 0.326 e. The van der Waals surface area contributed by atoms with Crippen molar-refractivity contribution in [2.45, 2.75) is 19.0 Å². The number of fused-ring (bicyclic) bond motifs is 1. The Hall–Kier alpha value is -5.05. The van der Waals surface area contributed by atoms with Gasteiger partial charge in [0.05, 0.1) is 0 Å². The summed E-state index contributed by atoms with van der Waals surface area (Å²) in [6, 6.07) is 19.6. The first-order valence-corrected chi connectivity index (χ1v) is 11.6. The summed E-state index contributed by atoms with van der Waals surface area (Å²) < 4.78 is 0. The number of nitrogens with one attached hydrogen (secondary N) is 3. The normalized spacial score (nSPS) is 11.8. The largest absolute Gasteiger partial charge is 0.480 e. The number of benzene rings is 2. The Morgan fingerprint density at radius 2 is 1.57 bits per heavy atom. The van der Waals surface area contributed by atoms with E-state index in [0.29, 0.717) is 6.54 Å². The Balaban J connectivity index is 1.27. The molecule has 2 aromatic heterocycles. The minimum atomic E-state index is -1.13. The monoisotopic (exact) mass is 493 g/mol. The van der Waals surface area contributed by atoms with E-state index in [1.165, 1.54) is 0 Å². The summed E-state index contributed by atoms with van der Waals surface area (Å²) in [5.74, 6) is -0.405. The number of hydrogen-bond donors (Lipinski definition) is 4. The Labute approximate surface area is 211 Å². The van der Waals surface area contributed by atoms with Gasteiger partial charge in [-0.2, -0.15) is 0 Å². The lowest BCUT2D eigenvalue weighted by Crippen LogP contribution is -2.42. The van der Waals surface area contributed by atoms with Gasteiger partial charge in [-0.25, -0.2) is 9.78 Å². The number of nitrogens with zero attached hydrogens (tertiary/aromatic N) is 2. The third-order valence-corrected chi connectivity index (χ3v) is 6.08. The minimum Gasteiger partial charge on any atom is -0.480 e. The average Bonchev–Trinajstić information content (AvgIpc) is 2.93. The van der Waals surface area contributed by atoms with Crippen molar-refractivity contribution in [2.75, 3.05) is 16.0 Å². The number of aliphatic carboxylic acids is 1. The van der Waals surface area contributed by atoms with Crippen molar-refractivity contribution in [1.82, 2.24) is 9.97 Å². The molecule has 0 fully saturated rings. The zero-order chi connectivity index (χ0) is 25.8. The van der Waals surface area contributed by atoms with Crippen LogP contribution in [-0.4, -0.2) is 27.1 Å². The van der Waals surface area contributed by atoms with E-state index in [4.69, 9.17) is 0 Å². The van der Waals surface area contributed by atoms with Gasteiger partial charge in [0.1, 0.15) is 23.2 Å². The molecule has 3 aromatic carbocycles. The van der Waals surface area contributed by atoms with Gasteiger partial charge in [-0.05, 0) is 46.8 Å². The fourth-order valence-corrected chi connectivity index (χ4v) is 4.08. The standard InChI is InChI=1S/C28H23N5O4/c34-25-23(31-16-18-9-12-29-13-10-18)24(26(25)35)33-22(28(36)37)15-17-5-7-20(8-6-17)32-27-21-4-2-1-3-19(21)11-14-30-27/h1-14,22,31,33H,15-16H2,(H,30,32)(H,36,37)/t22-/m0/s1. The van der Waals surface area contributed by atoms with Crippen LogP contribution < -0.4 is 26.8 Å². The molecule has 2 heterocycles. The first kappa shape index (κ1) is 23.7. The van der Waals surface area contributed by atoms with Crippen molar-refractivity contribution in [1.29, 1.82) is 0 Å². The number of carboxylic acids is 1. The molecule has 0 bridgehead atoms. The summed E-state index contributed by atoms with van der Waals surface area (Å²) in [5.41, 5.74) is 1.11. The number of rotatable bonds is 10. The third-order valence-electron chi connectivity index (χ3n) is 6.08. The van der Waals surface area contributed by atoms with Crippen LogP contribution in [0.3, 0.4) is 0 Å². The minimum absolute atomic E-state index is 0.00762. The number of pyridine rings is 2. The molecule has 0 saturated heterocycles. The van der Waals surface area contributed by atoms with Crippen LogP contribution in [0.25, 0.3) is 10.8 Å². The van der Waals surface area contributed by atoms with Crippen molar-refractivity contribution in [2.24, 2.45) is 0 Å². The summed E-state index contributed by atoms with van der Waals surface area (Å²) in [6.07, 6.45) is 5.10. The lowest BCUT2D eigenvalue weighted by atomic mass is 10.0. The lowest BCUT2D eigenvalue weighted by molar-refractivity contribution is -0.137. The molecule has 184 valence electrons. The zero-order valence-electron chi connectivity index (χ0n) is 19.6. The van der Waals surface area contributed by atoms with E-state index >= 15 is 0 Å². The topological polar surface area (TPSA) is 133 Å². The molecule has 9 heteroatoms.